The van der Waals surface area contributed by atoms with Crippen molar-refractivity contribution in [3.05, 3.63) is 65.7 Å². The molecule has 120 valence electrons. The highest BCUT2D eigenvalue weighted by Crippen LogP contribution is 2.15. The van der Waals surface area contributed by atoms with Gasteiger partial charge < -0.3 is 10.1 Å². The molecule has 1 N–H and O–H groups in total. The molecule has 0 heterocycles. The van der Waals surface area contributed by atoms with Crippen molar-refractivity contribution in [2.24, 2.45) is 0 Å². The quantitative estimate of drug-likeness (QED) is 0.800. The van der Waals surface area contributed by atoms with Crippen LogP contribution in [0.4, 0.5) is 0 Å². The summed E-state index contributed by atoms with van der Waals surface area (Å²) in [6.07, 6.45) is 0.159. The second kappa shape index (κ2) is 8.13. The van der Waals surface area contributed by atoms with Crippen LogP contribution in [0.1, 0.15) is 29.8 Å². The first kappa shape index (κ1) is 16.7. The topological polar surface area (TPSA) is 55.4 Å². The molecule has 1 amide bonds. The summed E-state index contributed by atoms with van der Waals surface area (Å²) in [5, 5.41) is 2.86. The second-order valence-electron chi connectivity index (χ2n) is 5.37. The fourth-order valence-corrected chi connectivity index (χ4v) is 2.16. The van der Waals surface area contributed by atoms with Crippen LogP contribution in [-0.2, 0) is 11.2 Å². The lowest BCUT2D eigenvalue weighted by Gasteiger charge is -2.15. The molecule has 0 aliphatic carbocycles. The van der Waals surface area contributed by atoms with Gasteiger partial charge in [0, 0.05) is 12.1 Å². The van der Waals surface area contributed by atoms with Gasteiger partial charge in [-0.05, 0) is 38.0 Å². The van der Waals surface area contributed by atoms with Crippen LogP contribution in [0.25, 0.3) is 0 Å². The van der Waals surface area contributed by atoms with Crippen LogP contribution in [0.2, 0.25) is 0 Å². The summed E-state index contributed by atoms with van der Waals surface area (Å²) in [5.41, 5.74) is 1.75. The number of carbonyl (C=O) groups excluding carboxylic acids is 2. The molecule has 0 saturated carbocycles. The van der Waals surface area contributed by atoms with E-state index >= 15 is 0 Å². The first-order chi connectivity index (χ1) is 11.1. The molecule has 1 atom stereocenters. The van der Waals surface area contributed by atoms with Gasteiger partial charge in [0.25, 0.3) is 5.91 Å². The first-order valence-electron chi connectivity index (χ1n) is 7.65. The van der Waals surface area contributed by atoms with Crippen LogP contribution in [0.5, 0.6) is 5.75 Å². The van der Waals surface area contributed by atoms with Gasteiger partial charge in [-0.3, -0.25) is 9.59 Å². The van der Waals surface area contributed by atoms with E-state index in [9.17, 15) is 9.59 Å². The van der Waals surface area contributed by atoms with Crippen molar-refractivity contribution in [3.63, 3.8) is 0 Å². The highest BCUT2D eigenvalue weighted by molar-refractivity contribution is 5.94. The molecule has 0 aromatic heterocycles. The Bertz CT molecular complexity index is 667. The predicted molar refractivity (Wildman–Crippen MR) is 89.7 cm³/mol. The van der Waals surface area contributed by atoms with E-state index in [1.165, 1.54) is 12.5 Å². The van der Waals surface area contributed by atoms with Crippen LogP contribution in [-0.4, -0.2) is 24.3 Å². The molecule has 23 heavy (non-hydrogen) atoms. The number of nitrogens with one attached hydrogen (secondary N) is 1. The molecule has 0 aliphatic rings. The summed E-state index contributed by atoms with van der Waals surface area (Å²) in [7, 11) is 0. The normalized spacial score (nSPS) is 11.6. The van der Waals surface area contributed by atoms with E-state index in [-0.39, 0.29) is 11.7 Å². The molecule has 2 rings (SSSR count). The van der Waals surface area contributed by atoms with Crippen LogP contribution < -0.4 is 10.1 Å². The smallest absolute Gasteiger partial charge is 0.260 e. The molecule has 2 aromatic rings. The van der Waals surface area contributed by atoms with Crippen LogP contribution in [0.3, 0.4) is 0 Å². The standard InChI is InChI=1S/C19H21NO3/c1-14(21)17-9-6-10-18(13-17)23-15(2)19(22)20-12-11-16-7-4-3-5-8-16/h3-10,13,15H,11-12H2,1-2H3,(H,20,22). The minimum absolute atomic E-state index is 0.0320. The molecule has 4 nitrogen and oxygen atoms in total. The maximum atomic E-state index is 12.1. The SMILES string of the molecule is CC(=O)c1cccc(OC(C)C(=O)NCCc2ccccc2)c1. The summed E-state index contributed by atoms with van der Waals surface area (Å²) >= 11 is 0. The van der Waals surface area contributed by atoms with Gasteiger partial charge in [0.2, 0.25) is 0 Å². The van der Waals surface area contributed by atoms with E-state index in [1.807, 2.05) is 30.3 Å². The Labute approximate surface area is 136 Å². The minimum atomic E-state index is -0.618. The van der Waals surface area contributed by atoms with Crippen molar-refractivity contribution >= 4 is 11.7 Å². The van der Waals surface area contributed by atoms with Crippen LogP contribution >= 0.6 is 0 Å². The average molecular weight is 311 g/mol. The lowest BCUT2D eigenvalue weighted by atomic mass is 10.1. The molecule has 0 spiro atoms. The Kier molecular flexibility index (Phi) is 5.92. The van der Waals surface area contributed by atoms with Crippen molar-refractivity contribution in [1.82, 2.24) is 5.32 Å². The van der Waals surface area contributed by atoms with Crippen LogP contribution in [0, 0.1) is 0 Å². The van der Waals surface area contributed by atoms with Gasteiger partial charge in [-0.25, -0.2) is 0 Å². The summed E-state index contributed by atoms with van der Waals surface area (Å²) in [4.78, 5) is 23.4. The number of benzene rings is 2. The van der Waals surface area contributed by atoms with E-state index in [0.29, 0.717) is 17.9 Å². The zero-order valence-corrected chi connectivity index (χ0v) is 13.4. The number of amides is 1. The summed E-state index contributed by atoms with van der Waals surface area (Å²) in [6.45, 7) is 3.75. The lowest BCUT2D eigenvalue weighted by Crippen LogP contribution is -2.37. The molecule has 0 saturated heterocycles. The molecule has 0 aliphatic heterocycles. The molecule has 0 bridgehead atoms. The molecule has 0 radical (unpaired) electrons. The number of ketones is 1. The molecule has 1 unspecified atom stereocenters. The van der Waals surface area contributed by atoms with Crippen molar-refractivity contribution in [1.29, 1.82) is 0 Å². The second-order valence-corrected chi connectivity index (χ2v) is 5.37. The Balaban J connectivity index is 1.83. The predicted octanol–water partition coefficient (Wildman–Crippen LogP) is 3.02. The fraction of sp³-hybridized carbons (Fsp3) is 0.263. The van der Waals surface area contributed by atoms with Crippen molar-refractivity contribution in [2.75, 3.05) is 6.54 Å². The zero-order valence-electron chi connectivity index (χ0n) is 13.4. The highest BCUT2D eigenvalue weighted by Gasteiger charge is 2.14. The van der Waals surface area contributed by atoms with Gasteiger partial charge in [0.15, 0.2) is 11.9 Å². The summed E-state index contributed by atoms with van der Waals surface area (Å²) < 4.78 is 5.61. The van der Waals surface area contributed by atoms with E-state index in [0.717, 1.165) is 6.42 Å². The minimum Gasteiger partial charge on any atom is -0.481 e. The number of Topliss-reactive ketones (excluding diaryl/α,β-unsaturated/α-hetero) is 1. The Morgan fingerprint density at radius 1 is 1.09 bits per heavy atom. The Morgan fingerprint density at radius 2 is 1.83 bits per heavy atom. The summed E-state index contributed by atoms with van der Waals surface area (Å²) in [5.74, 6) is 0.313. The van der Waals surface area contributed by atoms with Crippen LogP contribution in [0.15, 0.2) is 54.6 Å². The van der Waals surface area contributed by atoms with Crippen molar-refractivity contribution < 1.29 is 14.3 Å². The lowest BCUT2D eigenvalue weighted by molar-refractivity contribution is -0.127. The third-order valence-corrected chi connectivity index (χ3v) is 3.48. The monoisotopic (exact) mass is 311 g/mol. The third kappa shape index (κ3) is 5.25. The highest BCUT2D eigenvalue weighted by atomic mass is 16.5. The molecular formula is C19H21NO3. The third-order valence-electron chi connectivity index (χ3n) is 3.48. The maximum absolute atomic E-state index is 12.1. The average Bonchev–Trinajstić information content (AvgIpc) is 2.56. The van der Waals surface area contributed by atoms with Crippen molar-refractivity contribution in [3.8, 4) is 5.75 Å². The largest absolute Gasteiger partial charge is 0.481 e. The zero-order chi connectivity index (χ0) is 16.7. The number of hydrogen-bond acceptors (Lipinski definition) is 3. The Hall–Kier alpha value is -2.62. The van der Waals surface area contributed by atoms with E-state index in [1.54, 1.807) is 31.2 Å². The molecule has 4 heteroatoms. The van der Waals surface area contributed by atoms with Gasteiger partial charge in [-0.1, -0.05) is 42.5 Å². The van der Waals surface area contributed by atoms with Gasteiger partial charge in [0.1, 0.15) is 5.75 Å². The van der Waals surface area contributed by atoms with Gasteiger partial charge in [-0.2, -0.15) is 0 Å². The van der Waals surface area contributed by atoms with Gasteiger partial charge in [0.05, 0.1) is 0 Å². The first-order valence-corrected chi connectivity index (χ1v) is 7.65. The molecule has 0 fully saturated rings. The van der Waals surface area contributed by atoms with E-state index in [4.69, 9.17) is 4.74 Å². The number of rotatable bonds is 7. The molecular weight excluding hydrogens is 290 g/mol. The van der Waals surface area contributed by atoms with Gasteiger partial charge >= 0.3 is 0 Å². The number of carbonyl (C=O) groups is 2. The number of hydrogen-bond donors (Lipinski definition) is 1. The fourth-order valence-electron chi connectivity index (χ4n) is 2.16. The molecule has 2 aromatic carbocycles. The van der Waals surface area contributed by atoms with E-state index in [2.05, 4.69) is 5.32 Å². The van der Waals surface area contributed by atoms with E-state index < -0.39 is 6.10 Å². The van der Waals surface area contributed by atoms with Gasteiger partial charge in [-0.15, -0.1) is 0 Å². The maximum Gasteiger partial charge on any atom is 0.260 e. The number of ether oxygens (including phenoxy) is 1. The van der Waals surface area contributed by atoms with Crippen molar-refractivity contribution in [2.45, 2.75) is 26.4 Å². The summed E-state index contributed by atoms with van der Waals surface area (Å²) in [6, 6.07) is 16.8. The Morgan fingerprint density at radius 3 is 2.52 bits per heavy atom.